The third-order valence-corrected chi connectivity index (χ3v) is 8.25. The lowest BCUT2D eigenvalue weighted by Crippen LogP contribution is -2.34. The predicted molar refractivity (Wildman–Crippen MR) is 188 cm³/mol. The standard InChI is InChI=1S/C39H51F3N2O6/c1-25(20-27(3)14-16-33-12-9-13-35(45)50-33)10-8-11-26(2)21-29(5)36(46)31(7)37(47)30(6)22-28(4)18-19-49-38(48)44-24-32-15-17-34(43-23-32)39(40,41)42/h8-9,11,13-18,20-21,23,25,29-31,33,37,47H,10,12,19,22,24H2,1-7H3,(H,44,48)/b11-8+,16-14+,26-21+,27-20-,28-18+/t25-,29-,30+,31-,33-,37-/m1/s1. The van der Waals surface area contributed by atoms with Gasteiger partial charge in [0.1, 0.15) is 24.2 Å². The molecule has 2 heterocycles. The molecule has 1 aromatic heterocycles. The van der Waals surface area contributed by atoms with Gasteiger partial charge in [-0.1, -0.05) is 86.9 Å². The predicted octanol–water partition coefficient (Wildman–Crippen LogP) is 8.40. The minimum atomic E-state index is -4.53. The molecule has 0 aliphatic carbocycles. The fraction of sp³-hybridized carbons (Fsp3) is 0.487. The van der Waals surface area contributed by atoms with Gasteiger partial charge in [0.2, 0.25) is 0 Å². The van der Waals surface area contributed by atoms with E-state index in [1.807, 2.05) is 65.0 Å². The smallest absolute Gasteiger partial charge is 0.433 e. The molecule has 0 bridgehead atoms. The molecule has 2 rings (SSSR count). The van der Waals surface area contributed by atoms with Crippen molar-refractivity contribution in [2.45, 2.75) is 92.7 Å². The second-order valence-electron chi connectivity index (χ2n) is 13.1. The molecule has 1 amide bonds. The molecule has 0 saturated carbocycles. The van der Waals surface area contributed by atoms with Gasteiger partial charge >= 0.3 is 18.2 Å². The van der Waals surface area contributed by atoms with E-state index in [9.17, 15) is 32.7 Å². The number of esters is 1. The van der Waals surface area contributed by atoms with Gasteiger partial charge in [0.05, 0.1) is 6.10 Å². The van der Waals surface area contributed by atoms with Gasteiger partial charge in [-0.3, -0.25) is 9.78 Å². The molecule has 0 saturated heterocycles. The topological polar surface area (TPSA) is 115 Å². The lowest BCUT2D eigenvalue weighted by atomic mass is 9.83. The van der Waals surface area contributed by atoms with Gasteiger partial charge < -0.3 is 19.9 Å². The third-order valence-electron chi connectivity index (χ3n) is 8.25. The minimum Gasteiger partial charge on any atom is -0.455 e. The lowest BCUT2D eigenvalue weighted by Gasteiger charge is -2.26. The summed E-state index contributed by atoms with van der Waals surface area (Å²) in [5.41, 5.74) is 2.29. The maximum absolute atomic E-state index is 13.2. The maximum Gasteiger partial charge on any atom is 0.433 e. The van der Waals surface area contributed by atoms with Crippen molar-refractivity contribution in [1.82, 2.24) is 10.3 Å². The van der Waals surface area contributed by atoms with Gasteiger partial charge in [0.15, 0.2) is 0 Å². The molecule has 0 spiro atoms. The van der Waals surface area contributed by atoms with Crippen molar-refractivity contribution in [3.8, 4) is 0 Å². The number of Topliss-reactive ketones (excluding diaryl/α,β-unsaturated/α-hetero) is 1. The van der Waals surface area contributed by atoms with Crippen LogP contribution in [0.1, 0.15) is 79.0 Å². The molecule has 0 fully saturated rings. The number of cyclic esters (lactones) is 1. The molecule has 8 nitrogen and oxygen atoms in total. The number of allylic oxidation sites excluding steroid dienone is 8. The van der Waals surface area contributed by atoms with E-state index in [1.54, 1.807) is 13.0 Å². The fourth-order valence-electron chi connectivity index (χ4n) is 5.45. The Morgan fingerprint density at radius 1 is 1.10 bits per heavy atom. The van der Waals surface area contributed by atoms with Crippen molar-refractivity contribution < 1.29 is 42.1 Å². The summed E-state index contributed by atoms with van der Waals surface area (Å²) in [6, 6.07) is 2.08. The van der Waals surface area contributed by atoms with E-state index >= 15 is 0 Å². The highest BCUT2D eigenvalue weighted by Crippen LogP contribution is 2.27. The van der Waals surface area contributed by atoms with Gasteiger partial charge in [-0.2, -0.15) is 13.2 Å². The highest BCUT2D eigenvalue weighted by atomic mass is 19.4. The van der Waals surface area contributed by atoms with Crippen LogP contribution in [0.2, 0.25) is 0 Å². The maximum atomic E-state index is 13.2. The molecular weight excluding hydrogens is 649 g/mol. The number of carbonyl (C=O) groups excluding carboxylic acids is 3. The molecule has 1 aliphatic rings. The van der Waals surface area contributed by atoms with Gasteiger partial charge in [0, 0.05) is 37.1 Å². The number of aliphatic hydroxyl groups is 1. The van der Waals surface area contributed by atoms with Crippen LogP contribution in [0.15, 0.2) is 89.7 Å². The first-order chi connectivity index (χ1) is 23.5. The summed E-state index contributed by atoms with van der Waals surface area (Å²) in [5.74, 6) is -1.29. The van der Waals surface area contributed by atoms with E-state index in [4.69, 9.17) is 9.47 Å². The van der Waals surface area contributed by atoms with Crippen LogP contribution in [0, 0.1) is 23.7 Å². The molecular formula is C39H51F3N2O6. The zero-order valence-corrected chi connectivity index (χ0v) is 30.0. The van der Waals surface area contributed by atoms with Gasteiger partial charge in [-0.25, -0.2) is 9.59 Å². The third kappa shape index (κ3) is 15.5. The van der Waals surface area contributed by atoms with E-state index in [2.05, 4.69) is 29.4 Å². The molecule has 50 heavy (non-hydrogen) atoms. The number of nitrogens with one attached hydrogen (secondary N) is 1. The molecule has 2 N–H and O–H groups in total. The number of hydrogen-bond acceptors (Lipinski definition) is 7. The Labute approximate surface area is 293 Å². The zero-order valence-electron chi connectivity index (χ0n) is 30.0. The Kier molecular flexibility index (Phi) is 17.1. The number of alkyl halides is 3. The molecule has 274 valence electrons. The molecule has 0 aromatic carbocycles. The highest BCUT2D eigenvalue weighted by Gasteiger charge is 2.32. The number of aliphatic hydroxyl groups excluding tert-OH is 1. The van der Waals surface area contributed by atoms with Crippen molar-refractivity contribution in [2.75, 3.05) is 6.61 Å². The first-order valence-corrected chi connectivity index (χ1v) is 16.8. The van der Waals surface area contributed by atoms with Crippen LogP contribution in [0.4, 0.5) is 18.0 Å². The Bertz CT molecular complexity index is 1470. The second-order valence-corrected chi connectivity index (χ2v) is 13.1. The summed E-state index contributed by atoms with van der Waals surface area (Å²) in [6.07, 6.45) is 13.6. The van der Waals surface area contributed by atoms with E-state index in [-0.39, 0.29) is 48.8 Å². The van der Waals surface area contributed by atoms with Crippen LogP contribution < -0.4 is 5.32 Å². The number of hydrogen-bond donors (Lipinski definition) is 2. The highest BCUT2D eigenvalue weighted by molar-refractivity contribution is 5.85. The summed E-state index contributed by atoms with van der Waals surface area (Å²) in [5, 5.41) is 13.4. The molecule has 6 atom stereocenters. The number of amides is 1. The zero-order chi connectivity index (χ0) is 37.4. The number of carbonyl (C=O) groups is 3. The molecule has 1 aliphatic heterocycles. The number of ether oxygens (including phenoxy) is 2. The molecule has 1 aromatic rings. The van der Waals surface area contributed by atoms with Crippen molar-refractivity contribution in [1.29, 1.82) is 0 Å². The van der Waals surface area contributed by atoms with Gasteiger partial charge in [-0.15, -0.1) is 0 Å². The number of ketones is 1. The average Bonchev–Trinajstić information content (AvgIpc) is 3.05. The number of halogens is 3. The quantitative estimate of drug-likeness (QED) is 0.0953. The summed E-state index contributed by atoms with van der Waals surface area (Å²) >= 11 is 0. The normalized spacial score (nSPS) is 19.2. The fourth-order valence-corrected chi connectivity index (χ4v) is 5.45. The lowest BCUT2D eigenvalue weighted by molar-refractivity contribution is -0.142. The average molecular weight is 701 g/mol. The van der Waals surface area contributed by atoms with Crippen LogP contribution in [0.25, 0.3) is 0 Å². The van der Waals surface area contributed by atoms with Crippen LogP contribution in [-0.4, -0.2) is 46.8 Å². The number of rotatable bonds is 17. The Balaban J connectivity index is 1.76. The summed E-state index contributed by atoms with van der Waals surface area (Å²) in [7, 11) is 0. The van der Waals surface area contributed by atoms with Crippen LogP contribution >= 0.6 is 0 Å². The van der Waals surface area contributed by atoms with E-state index in [1.165, 1.54) is 12.1 Å². The Morgan fingerprint density at radius 2 is 1.80 bits per heavy atom. The Morgan fingerprint density at radius 3 is 2.44 bits per heavy atom. The first kappa shape index (κ1) is 41.9. The number of nitrogens with zero attached hydrogens (tertiary/aromatic N) is 1. The minimum absolute atomic E-state index is 0.0302. The summed E-state index contributed by atoms with van der Waals surface area (Å²) in [6.45, 7) is 13.3. The van der Waals surface area contributed by atoms with Crippen molar-refractivity contribution in [3.63, 3.8) is 0 Å². The first-order valence-electron chi connectivity index (χ1n) is 16.8. The van der Waals surface area contributed by atoms with Crippen LogP contribution in [-0.2, 0) is 31.8 Å². The molecule has 0 unspecified atom stereocenters. The van der Waals surface area contributed by atoms with E-state index in [0.717, 1.165) is 35.4 Å². The Hall–Kier alpha value is -4.25. The number of alkyl carbamates (subject to hydrolysis) is 1. The molecule has 11 heteroatoms. The second kappa shape index (κ2) is 20.4. The number of aromatic nitrogens is 1. The van der Waals surface area contributed by atoms with E-state index < -0.39 is 30.0 Å². The monoisotopic (exact) mass is 700 g/mol. The van der Waals surface area contributed by atoms with Gasteiger partial charge in [0.25, 0.3) is 0 Å². The van der Waals surface area contributed by atoms with Crippen LogP contribution in [0.5, 0.6) is 0 Å². The van der Waals surface area contributed by atoms with E-state index in [0.29, 0.717) is 18.4 Å². The summed E-state index contributed by atoms with van der Waals surface area (Å²) in [4.78, 5) is 39.9. The SMILES string of the molecule is CC(=C/[C@H](C)C/C=C/C(C)=C/[C@@H](C)C(=O)[C@@H](C)[C@H](O)[C@@H](C)C/C(C)=C/COC(=O)NCc1ccc(C(F)(F)F)nc1)/C=C/[C@H]1CC=CC(=O)O1. The summed E-state index contributed by atoms with van der Waals surface area (Å²) < 4.78 is 48.3. The largest absolute Gasteiger partial charge is 0.455 e. The number of pyridine rings is 1. The van der Waals surface area contributed by atoms with Crippen molar-refractivity contribution >= 4 is 17.8 Å². The van der Waals surface area contributed by atoms with Crippen LogP contribution in [0.3, 0.4) is 0 Å². The van der Waals surface area contributed by atoms with Crippen molar-refractivity contribution in [3.05, 3.63) is 101 Å². The molecule has 0 radical (unpaired) electrons. The van der Waals surface area contributed by atoms with Crippen molar-refractivity contribution in [2.24, 2.45) is 23.7 Å². The van der Waals surface area contributed by atoms with Gasteiger partial charge in [-0.05, 0) is 69.2 Å².